The molecule has 0 fully saturated rings. The molecule has 0 spiro atoms. The van der Waals surface area contributed by atoms with Crippen LogP contribution in [0.5, 0.6) is 5.75 Å². The second kappa shape index (κ2) is 9.47. The van der Waals surface area contributed by atoms with Crippen molar-refractivity contribution in [3.63, 3.8) is 0 Å². The molecule has 0 aliphatic carbocycles. The summed E-state index contributed by atoms with van der Waals surface area (Å²) in [5, 5.41) is 0. The lowest BCUT2D eigenvalue weighted by Gasteiger charge is -2.29. The maximum atomic E-state index is 13.5. The van der Waals surface area contributed by atoms with Crippen LogP contribution in [0.15, 0.2) is 84.1 Å². The molecule has 190 valence electrons. The number of nitrogens with zero attached hydrogens (tertiary/aromatic N) is 2. The van der Waals surface area contributed by atoms with E-state index in [2.05, 4.69) is 14.7 Å². The lowest BCUT2D eigenvalue weighted by molar-refractivity contribution is -0.137. The molecule has 1 unspecified atom stereocenters. The molecule has 3 aromatic carbocycles. The van der Waals surface area contributed by atoms with Crippen LogP contribution in [-0.2, 0) is 16.2 Å². The molecule has 1 aliphatic heterocycles. The summed E-state index contributed by atoms with van der Waals surface area (Å²) in [6.07, 6.45) is -1.49. The molecule has 4 aromatic rings. The summed E-state index contributed by atoms with van der Waals surface area (Å²) in [7, 11) is -3.99. The van der Waals surface area contributed by atoms with Crippen LogP contribution in [-0.4, -0.2) is 25.0 Å². The molecule has 37 heavy (non-hydrogen) atoms. The fraction of sp³-hybridized carbons (Fsp3) is 0.154. The van der Waals surface area contributed by atoms with E-state index >= 15 is 0 Å². The highest BCUT2D eigenvalue weighted by Gasteiger charge is 2.33. The Morgan fingerprint density at radius 1 is 0.946 bits per heavy atom. The first-order chi connectivity index (χ1) is 17.6. The molecule has 0 saturated heterocycles. The molecule has 5 rings (SSSR count). The highest BCUT2D eigenvalue weighted by atomic mass is 32.2. The highest BCUT2D eigenvalue weighted by Crippen LogP contribution is 2.44. The summed E-state index contributed by atoms with van der Waals surface area (Å²) >= 11 is 0. The number of rotatable bonds is 5. The van der Waals surface area contributed by atoms with E-state index in [1.807, 2.05) is 0 Å². The minimum Gasteiger partial charge on any atom is -0.493 e. The van der Waals surface area contributed by atoms with Gasteiger partial charge in [-0.1, -0.05) is 24.3 Å². The number of sulfonamides is 1. The second-order valence-corrected chi connectivity index (χ2v) is 10.1. The third-order valence-corrected chi connectivity index (χ3v) is 7.42. The van der Waals surface area contributed by atoms with Crippen molar-refractivity contribution in [2.24, 2.45) is 0 Å². The van der Waals surface area contributed by atoms with Gasteiger partial charge >= 0.3 is 6.18 Å². The van der Waals surface area contributed by atoms with E-state index in [1.54, 1.807) is 6.07 Å². The van der Waals surface area contributed by atoms with Crippen LogP contribution < -0.4 is 9.46 Å². The molecule has 2 heterocycles. The lowest BCUT2D eigenvalue weighted by Crippen LogP contribution is -2.18. The van der Waals surface area contributed by atoms with Crippen molar-refractivity contribution in [2.75, 3.05) is 11.3 Å². The SMILES string of the molecule is O=S(=O)(Nc1ccncn1)c1ccc2c(c1)OCCC2c1ccc(C(F)(F)F)cc1-c1ccc(F)cc1. The van der Waals surface area contributed by atoms with Crippen molar-refractivity contribution in [3.8, 4) is 16.9 Å². The number of anilines is 1. The van der Waals surface area contributed by atoms with Gasteiger partial charge in [0.25, 0.3) is 10.0 Å². The zero-order valence-corrected chi connectivity index (χ0v) is 19.9. The van der Waals surface area contributed by atoms with Gasteiger partial charge in [0.05, 0.1) is 17.1 Å². The van der Waals surface area contributed by atoms with Crippen LogP contribution in [0.2, 0.25) is 0 Å². The zero-order chi connectivity index (χ0) is 26.2. The number of hydrogen-bond donors (Lipinski definition) is 1. The first-order valence-electron chi connectivity index (χ1n) is 11.1. The van der Waals surface area contributed by atoms with Crippen molar-refractivity contribution in [1.29, 1.82) is 0 Å². The average molecular weight is 530 g/mol. The van der Waals surface area contributed by atoms with E-state index in [-0.39, 0.29) is 23.2 Å². The Morgan fingerprint density at radius 2 is 1.70 bits per heavy atom. The van der Waals surface area contributed by atoms with Gasteiger partial charge in [0.15, 0.2) is 0 Å². The molecule has 1 N–H and O–H groups in total. The van der Waals surface area contributed by atoms with Crippen molar-refractivity contribution in [1.82, 2.24) is 9.97 Å². The Hall–Kier alpha value is -3.99. The van der Waals surface area contributed by atoms with E-state index in [9.17, 15) is 26.0 Å². The summed E-state index contributed by atoms with van der Waals surface area (Å²) < 4.78 is 88.0. The smallest absolute Gasteiger partial charge is 0.416 e. The third-order valence-electron chi connectivity index (χ3n) is 6.07. The van der Waals surface area contributed by atoms with Gasteiger partial charge in [0.2, 0.25) is 0 Å². The molecular formula is C26H19F4N3O3S. The highest BCUT2D eigenvalue weighted by molar-refractivity contribution is 7.92. The lowest BCUT2D eigenvalue weighted by atomic mass is 9.82. The summed E-state index contributed by atoms with van der Waals surface area (Å²) in [5.74, 6) is -0.470. The van der Waals surface area contributed by atoms with Gasteiger partial charge in [-0.3, -0.25) is 4.72 Å². The van der Waals surface area contributed by atoms with E-state index in [0.29, 0.717) is 34.4 Å². The largest absolute Gasteiger partial charge is 0.493 e. The van der Waals surface area contributed by atoms with E-state index < -0.39 is 27.6 Å². The van der Waals surface area contributed by atoms with Gasteiger partial charge in [-0.2, -0.15) is 13.2 Å². The maximum absolute atomic E-state index is 13.5. The number of alkyl halides is 3. The Kier molecular flexibility index (Phi) is 6.32. The van der Waals surface area contributed by atoms with E-state index in [0.717, 1.165) is 12.1 Å². The molecule has 11 heteroatoms. The van der Waals surface area contributed by atoms with Crippen molar-refractivity contribution in [3.05, 3.63) is 102 Å². The van der Waals surface area contributed by atoms with Crippen molar-refractivity contribution < 1.29 is 30.7 Å². The number of ether oxygens (including phenoxy) is 1. The number of hydrogen-bond acceptors (Lipinski definition) is 5. The van der Waals surface area contributed by atoms with Crippen LogP contribution in [0.3, 0.4) is 0 Å². The van der Waals surface area contributed by atoms with E-state index in [4.69, 9.17) is 4.74 Å². The van der Waals surface area contributed by atoms with Crippen LogP contribution in [0.4, 0.5) is 23.4 Å². The van der Waals surface area contributed by atoms with Crippen molar-refractivity contribution in [2.45, 2.75) is 23.4 Å². The van der Waals surface area contributed by atoms with Gasteiger partial charge in [-0.15, -0.1) is 0 Å². The fourth-order valence-electron chi connectivity index (χ4n) is 4.32. The van der Waals surface area contributed by atoms with Gasteiger partial charge in [0.1, 0.15) is 23.7 Å². The average Bonchev–Trinajstić information content (AvgIpc) is 2.88. The fourth-order valence-corrected chi connectivity index (χ4v) is 5.35. The Bertz CT molecular complexity index is 1540. The van der Waals surface area contributed by atoms with Gasteiger partial charge in [-0.25, -0.2) is 22.8 Å². The quantitative estimate of drug-likeness (QED) is 0.320. The van der Waals surface area contributed by atoms with Gasteiger partial charge < -0.3 is 4.74 Å². The zero-order valence-electron chi connectivity index (χ0n) is 19.0. The van der Waals surface area contributed by atoms with Gasteiger partial charge in [-0.05, 0) is 59.5 Å². The number of halogens is 4. The molecule has 0 radical (unpaired) electrons. The summed E-state index contributed by atoms with van der Waals surface area (Å²) in [5.41, 5.74) is 1.16. The monoisotopic (exact) mass is 529 g/mol. The third kappa shape index (κ3) is 5.12. The molecule has 1 aliphatic rings. The van der Waals surface area contributed by atoms with Gasteiger partial charge in [0, 0.05) is 23.7 Å². The van der Waals surface area contributed by atoms with Crippen molar-refractivity contribution >= 4 is 15.8 Å². The molecular weight excluding hydrogens is 510 g/mol. The molecule has 0 bridgehead atoms. The topological polar surface area (TPSA) is 81.2 Å². The number of aromatic nitrogens is 2. The second-order valence-electron chi connectivity index (χ2n) is 8.40. The van der Waals surface area contributed by atoms with Crippen LogP contribution in [0.25, 0.3) is 11.1 Å². The molecule has 0 saturated carbocycles. The summed E-state index contributed by atoms with van der Waals surface area (Å²) in [6, 6.07) is 14.5. The molecule has 1 aromatic heterocycles. The Labute approximate surface area is 210 Å². The van der Waals surface area contributed by atoms with Crippen LogP contribution >= 0.6 is 0 Å². The minimum atomic E-state index is -4.55. The van der Waals surface area contributed by atoms with Crippen LogP contribution in [0, 0.1) is 5.82 Å². The minimum absolute atomic E-state index is 0.0586. The number of benzene rings is 3. The Balaban J connectivity index is 1.56. The predicted molar refractivity (Wildman–Crippen MR) is 128 cm³/mol. The standard InChI is InChI=1S/C26H19F4N3O3S/c27-18-4-1-16(2-5-18)23-13-17(26(28,29)30)3-7-20(23)21-10-12-36-24-14-19(6-8-22(21)24)37(34,35)33-25-9-11-31-15-32-25/h1-9,11,13-15,21H,10,12H2,(H,31,32,33). The maximum Gasteiger partial charge on any atom is 0.416 e. The first kappa shape index (κ1) is 24.7. The molecule has 6 nitrogen and oxygen atoms in total. The molecule has 0 amide bonds. The summed E-state index contributed by atoms with van der Waals surface area (Å²) in [6.45, 7) is 0.227. The van der Waals surface area contributed by atoms with Crippen LogP contribution in [0.1, 0.15) is 29.0 Å². The predicted octanol–water partition coefficient (Wildman–Crippen LogP) is 6.02. The Morgan fingerprint density at radius 3 is 2.41 bits per heavy atom. The number of fused-ring (bicyclic) bond motifs is 1. The number of nitrogens with one attached hydrogen (secondary N) is 1. The van der Waals surface area contributed by atoms with E-state index in [1.165, 1.54) is 61.1 Å². The molecule has 1 atom stereocenters. The first-order valence-corrected chi connectivity index (χ1v) is 12.6. The normalized spacial score (nSPS) is 15.5. The summed E-state index contributed by atoms with van der Waals surface area (Å²) in [4.78, 5) is 7.55.